The van der Waals surface area contributed by atoms with Gasteiger partial charge in [0.2, 0.25) is 15.9 Å². The van der Waals surface area contributed by atoms with Crippen molar-refractivity contribution in [1.82, 2.24) is 0 Å². The molecule has 9 heteroatoms. The van der Waals surface area contributed by atoms with E-state index in [4.69, 9.17) is 5.73 Å². The van der Waals surface area contributed by atoms with Gasteiger partial charge >= 0.3 is 0 Å². The minimum absolute atomic E-state index is 0.171. The lowest BCUT2D eigenvalue weighted by Gasteiger charge is -2.15. The van der Waals surface area contributed by atoms with Gasteiger partial charge in [-0.2, -0.15) is 0 Å². The summed E-state index contributed by atoms with van der Waals surface area (Å²) in [6.07, 6.45) is 0. The summed E-state index contributed by atoms with van der Waals surface area (Å²) in [5.74, 6) is -2.52. The van der Waals surface area contributed by atoms with Crippen LogP contribution in [-0.4, -0.2) is 31.9 Å². The van der Waals surface area contributed by atoms with Crippen LogP contribution in [0.15, 0.2) is 48.5 Å². The first-order chi connectivity index (χ1) is 12.7. The molecule has 0 aliphatic carbocycles. The molecule has 1 heterocycles. The highest BCUT2D eigenvalue weighted by Crippen LogP contribution is 2.28. The van der Waals surface area contributed by atoms with Crippen LogP contribution < -0.4 is 15.4 Å². The number of primary amides is 1. The average molecular weight is 387 g/mol. The zero-order valence-corrected chi connectivity index (χ0v) is 15.2. The maximum Gasteiger partial charge on any atom is 0.255 e. The van der Waals surface area contributed by atoms with Crippen LogP contribution in [0.5, 0.6) is 0 Å². The van der Waals surface area contributed by atoms with Gasteiger partial charge in [-0.05, 0) is 36.4 Å². The second-order valence-corrected chi connectivity index (χ2v) is 8.06. The molecule has 1 fully saturated rings. The lowest BCUT2D eigenvalue weighted by atomic mass is 10.1. The van der Waals surface area contributed by atoms with Crippen molar-refractivity contribution in [3.05, 3.63) is 59.7 Å². The number of carbonyl (C=O) groups is 3. The Morgan fingerprint density at radius 1 is 1.11 bits per heavy atom. The summed E-state index contributed by atoms with van der Waals surface area (Å²) in [4.78, 5) is 35.9. The molecule has 0 spiro atoms. The number of anilines is 2. The highest BCUT2D eigenvalue weighted by atomic mass is 32.2. The third kappa shape index (κ3) is 3.54. The first-order valence-electron chi connectivity index (χ1n) is 8.08. The molecule has 0 bridgehead atoms. The number of amides is 3. The Balaban J connectivity index is 1.83. The van der Waals surface area contributed by atoms with E-state index in [0.29, 0.717) is 0 Å². The quantitative estimate of drug-likeness (QED) is 0.819. The topological polar surface area (TPSA) is 127 Å². The summed E-state index contributed by atoms with van der Waals surface area (Å²) >= 11 is 0. The van der Waals surface area contributed by atoms with Crippen molar-refractivity contribution >= 4 is 39.1 Å². The minimum Gasteiger partial charge on any atom is -0.366 e. The van der Waals surface area contributed by atoms with E-state index in [-0.39, 0.29) is 28.3 Å². The van der Waals surface area contributed by atoms with Gasteiger partial charge in [0, 0.05) is 5.56 Å². The zero-order valence-electron chi connectivity index (χ0n) is 14.4. The fourth-order valence-electron chi connectivity index (χ4n) is 2.84. The van der Waals surface area contributed by atoms with Crippen LogP contribution in [0.25, 0.3) is 0 Å². The Labute approximate surface area is 156 Å². The van der Waals surface area contributed by atoms with E-state index < -0.39 is 33.7 Å². The molecule has 27 heavy (non-hydrogen) atoms. The van der Waals surface area contributed by atoms with E-state index in [0.717, 1.165) is 4.31 Å². The fraction of sp³-hybridized carbons (Fsp3) is 0.167. The minimum atomic E-state index is -3.70. The molecule has 2 aromatic carbocycles. The Morgan fingerprint density at radius 3 is 2.30 bits per heavy atom. The maximum absolute atomic E-state index is 12.4. The maximum atomic E-state index is 12.4. The van der Waals surface area contributed by atoms with E-state index in [2.05, 4.69) is 5.32 Å². The first-order valence-corrected chi connectivity index (χ1v) is 9.69. The van der Waals surface area contributed by atoms with E-state index in [1.807, 2.05) is 0 Å². The van der Waals surface area contributed by atoms with Crippen molar-refractivity contribution in [3.63, 3.8) is 0 Å². The lowest BCUT2D eigenvalue weighted by molar-refractivity contribution is -0.119. The summed E-state index contributed by atoms with van der Waals surface area (Å²) in [7, 11) is -3.70. The van der Waals surface area contributed by atoms with Crippen molar-refractivity contribution in [2.24, 2.45) is 11.7 Å². The molecule has 3 amide bonds. The smallest absolute Gasteiger partial charge is 0.255 e. The van der Waals surface area contributed by atoms with Crippen LogP contribution in [0.3, 0.4) is 0 Å². The normalized spacial score (nSPS) is 18.3. The van der Waals surface area contributed by atoms with E-state index in [1.165, 1.54) is 30.3 Å². The van der Waals surface area contributed by atoms with Crippen LogP contribution in [0.2, 0.25) is 0 Å². The van der Waals surface area contributed by atoms with Gasteiger partial charge in [0.15, 0.2) is 0 Å². The summed E-state index contributed by atoms with van der Waals surface area (Å²) in [6.45, 7) is 1.55. The monoisotopic (exact) mass is 387 g/mol. The van der Waals surface area contributed by atoms with Crippen molar-refractivity contribution in [2.75, 3.05) is 15.4 Å². The average Bonchev–Trinajstić information content (AvgIpc) is 2.82. The number of nitrogens with zero attached hydrogens (tertiary/aromatic N) is 1. The number of nitrogens with one attached hydrogen (secondary N) is 1. The molecule has 0 aromatic heterocycles. The molecule has 1 aliphatic rings. The van der Waals surface area contributed by atoms with Crippen LogP contribution >= 0.6 is 0 Å². The Bertz CT molecular complexity index is 1030. The van der Waals surface area contributed by atoms with Gasteiger partial charge in [0.25, 0.3) is 11.8 Å². The molecule has 140 valence electrons. The van der Waals surface area contributed by atoms with Gasteiger partial charge in [0.05, 0.1) is 28.6 Å². The van der Waals surface area contributed by atoms with E-state index in [9.17, 15) is 22.8 Å². The SMILES string of the molecule is C[C@@H]1CS(=O)(=O)N(c2ccc(C(=O)Nc3ccccc3C(N)=O)cc2)C1=O. The van der Waals surface area contributed by atoms with Crippen LogP contribution in [0.1, 0.15) is 27.6 Å². The van der Waals surface area contributed by atoms with Gasteiger partial charge in [-0.15, -0.1) is 0 Å². The van der Waals surface area contributed by atoms with Crippen molar-refractivity contribution in [2.45, 2.75) is 6.92 Å². The van der Waals surface area contributed by atoms with Gasteiger partial charge in [-0.1, -0.05) is 19.1 Å². The number of hydrogen-bond acceptors (Lipinski definition) is 5. The van der Waals surface area contributed by atoms with Crippen molar-refractivity contribution in [1.29, 1.82) is 0 Å². The molecule has 1 aliphatic heterocycles. The molecule has 0 saturated carbocycles. The number of sulfonamides is 1. The Morgan fingerprint density at radius 2 is 1.74 bits per heavy atom. The number of rotatable bonds is 4. The lowest BCUT2D eigenvalue weighted by Crippen LogP contribution is -2.30. The number of hydrogen-bond donors (Lipinski definition) is 2. The van der Waals surface area contributed by atoms with E-state index >= 15 is 0 Å². The third-order valence-corrected chi connectivity index (χ3v) is 6.03. The summed E-state index contributed by atoms with van der Waals surface area (Å²) in [6, 6.07) is 11.9. The largest absolute Gasteiger partial charge is 0.366 e. The van der Waals surface area contributed by atoms with Crippen LogP contribution in [0, 0.1) is 5.92 Å². The summed E-state index contributed by atoms with van der Waals surface area (Å²) in [5.41, 5.74) is 6.13. The molecule has 2 aromatic rings. The predicted molar refractivity (Wildman–Crippen MR) is 99.8 cm³/mol. The number of para-hydroxylation sites is 1. The fourth-order valence-corrected chi connectivity index (χ4v) is 4.66. The predicted octanol–water partition coefficient (Wildman–Crippen LogP) is 1.35. The van der Waals surface area contributed by atoms with Gasteiger partial charge in [-0.3, -0.25) is 14.4 Å². The second kappa shape index (κ2) is 6.84. The Kier molecular flexibility index (Phi) is 4.71. The zero-order chi connectivity index (χ0) is 19.8. The van der Waals surface area contributed by atoms with Crippen molar-refractivity contribution < 1.29 is 22.8 Å². The van der Waals surface area contributed by atoms with E-state index in [1.54, 1.807) is 25.1 Å². The molecule has 0 radical (unpaired) electrons. The van der Waals surface area contributed by atoms with Crippen LogP contribution in [0.4, 0.5) is 11.4 Å². The highest BCUT2D eigenvalue weighted by Gasteiger charge is 2.41. The molecular weight excluding hydrogens is 370 g/mol. The third-order valence-electron chi connectivity index (χ3n) is 4.17. The summed E-state index contributed by atoms with van der Waals surface area (Å²) < 4.78 is 25.0. The molecule has 0 unspecified atom stereocenters. The van der Waals surface area contributed by atoms with Crippen LogP contribution in [-0.2, 0) is 14.8 Å². The van der Waals surface area contributed by atoms with Crippen molar-refractivity contribution in [3.8, 4) is 0 Å². The molecule has 1 saturated heterocycles. The molecule has 1 atom stereocenters. The first kappa shape index (κ1) is 18.6. The number of carbonyl (C=O) groups excluding carboxylic acids is 3. The Hall–Kier alpha value is -3.20. The molecule has 3 N–H and O–H groups in total. The number of benzene rings is 2. The molecule has 8 nitrogen and oxygen atoms in total. The second-order valence-electron chi connectivity index (χ2n) is 6.19. The van der Waals surface area contributed by atoms with Gasteiger partial charge in [0.1, 0.15) is 0 Å². The standard InChI is InChI=1S/C18H17N3O5S/c1-11-10-27(25,26)21(18(11)24)13-8-6-12(7-9-13)17(23)20-15-5-3-2-4-14(15)16(19)22/h2-9,11H,10H2,1H3,(H2,19,22)(H,20,23)/t11-/m1/s1. The van der Waals surface area contributed by atoms with Gasteiger partial charge in [-0.25, -0.2) is 12.7 Å². The highest BCUT2D eigenvalue weighted by molar-refractivity contribution is 7.94. The van der Waals surface area contributed by atoms with Gasteiger partial charge < -0.3 is 11.1 Å². The molecular formula is C18H17N3O5S. The number of nitrogens with two attached hydrogens (primary N) is 1. The summed E-state index contributed by atoms with van der Waals surface area (Å²) in [5, 5.41) is 2.59. The molecule has 3 rings (SSSR count).